The number of rotatable bonds is 4. The summed E-state index contributed by atoms with van der Waals surface area (Å²) in [6.07, 6.45) is 1.04. The SMILES string of the molecule is Cc1ccc(C(Cc2ccccc2)c2ccccc2)cc1. The molecule has 104 valence electrons. The Bertz CT molecular complexity index is 666. The van der Waals surface area contributed by atoms with E-state index in [0.717, 1.165) is 6.42 Å². The van der Waals surface area contributed by atoms with Crippen LogP contribution in [0.15, 0.2) is 84.9 Å². The fourth-order valence-corrected chi connectivity index (χ4v) is 2.76. The molecule has 0 spiro atoms. The molecule has 0 aliphatic heterocycles. The second-order valence-electron chi connectivity index (χ2n) is 5.56. The molecule has 0 heteroatoms. The summed E-state index contributed by atoms with van der Waals surface area (Å²) in [5, 5.41) is 0. The monoisotopic (exact) mass is 272 g/mol. The first kappa shape index (κ1) is 13.6. The third kappa shape index (κ3) is 3.41. The quantitative estimate of drug-likeness (QED) is 0.599. The fourth-order valence-electron chi connectivity index (χ4n) is 2.76. The molecule has 0 nitrogen and oxygen atoms in total. The van der Waals surface area contributed by atoms with Crippen molar-refractivity contribution in [3.05, 3.63) is 107 Å². The molecule has 0 N–H and O–H groups in total. The minimum atomic E-state index is 0.411. The van der Waals surface area contributed by atoms with Gasteiger partial charge in [-0.25, -0.2) is 0 Å². The van der Waals surface area contributed by atoms with Crippen LogP contribution in [-0.4, -0.2) is 0 Å². The topological polar surface area (TPSA) is 0 Å². The zero-order chi connectivity index (χ0) is 14.5. The Balaban J connectivity index is 1.97. The number of benzene rings is 3. The van der Waals surface area contributed by atoms with E-state index >= 15 is 0 Å². The standard InChI is InChI=1S/C21H20/c1-17-12-14-20(15-13-17)21(19-10-6-3-7-11-19)16-18-8-4-2-5-9-18/h2-15,21H,16H2,1H3. The Morgan fingerprint density at radius 2 is 1.14 bits per heavy atom. The molecular formula is C21H20. The molecule has 0 saturated heterocycles. The van der Waals surface area contributed by atoms with Crippen molar-refractivity contribution in [3.63, 3.8) is 0 Å². The van der Waals surface area contributed by atoms with E-state index in [9.17, 15) is 0 Å². The van der Waals surface area contributed by atoms with Gasteiger partial charge in [-0.2, -0.15) is 0 Å². The van der Waals surface area contributed by atoms with Gasteiger partial charge in [0.2, 0.25) is 0 Å². The van der Waals surface area contributed by atoms with Crippen molar-refractivity contribution >= 4 is 0 Å². The fraction of sp³-hybridized carbons (Fsp3) is 0.143. The average Bonchev–Trinajstić information content (AvgIpc) is 2.55. The molecule has 0 radical (unpaired) electrons. The molecular weight excluding hydrogens is 252 g/mol. The first-order chi connectivity index (χ1) is 10.3. The van der Waals surface area contributed by atoms with Crippen molar-refractivity contribution in [3.8, 4) is 0 Å². The van der Waals surface area contributed by atoms with Crippen LogP contribution in [0.2, 0.25) is 0 Å². The van der Waals surface area contributed by atoms with Gasteiger partial charge in [0, 0.05) is 5.92 Å². The van der Waals surface area contributed by atoms with E-state index in [1.54, 1.807) is 0 Å². The normalized spacial score (nSPS) is 12.0. The molecule has 0 saturated carbocycles. The molecule has 0 fully saturated rings. The van der Waals surface area contributed by atoms with Crippen LogP contribution in [0.5, 0.6) is 0 Å². The maximum atomic E-state index is 2.26. The highest BCUT2D eigenvalue weighted by Crippen LogP contribution is 2.28. The maximum Gasteiger partial charge on any atom is 0.0130 e. The molecule has 1 unspecified atom stereocenters. The highest BCUT2D eigenvalue weighted by Gasteiger charge is 2.14. The second-order valence-corrected chi connectivity index (χ2v) is 5.56. The zero-order valence-electron chi connectivity index (χ0n) is 12.4. The largest absolute Gasteiger partial charge is 0.0622 e. The molecule has 0 aliphatic rings. The molecule has 3 aromatic rings. The molecule has 3 rings (SSSR count). The van der Waals surface area contributed by atoms with E-state index in [1.807, 2.05) is 0 Å². The first-order valence-electron chi connectivity index (χ1n) is 7.48. The van der Waals surface area contributed by atoms with Gasteiger partial charge in [-0.3, -0.25) is 0 Å². The van der Waals surface area contributed by atoms with Gasteiger partial charge in [0.05, 0.1) is 0 Å². The van der Waals surface area contributed by atoms with Crippen LogP contribution in [0.1, 0.15) is 28.2 Å². The van der Waals surface area contributed by atoms with Crippen molar-refractivity contribution in [2.75, 3.05) is 0 Å². The van der Waals surface area contributed by atoms with Crippen LogP contribution >= 0.6 is 0 Å². The van der Waals surface area contributed by atoms with E-state index in [4.69, 9.17) is 0 Å². The Labute approximate surface area is 127 Å². The molecule has 3 aromatic carbocycles. The summed E-state index contributed by atoms with van der Waals surface area (Å²) in [4.78, 5) is 0. The average molecular weight is 272 g/mol. The lowest BCUT2D eigenvalue weighted by Crippen LogP contribution is -2.05. The summed E-state index contributed by atoms with van der Waals surface area (Å²) in [7, 11) is 0. The van der Waals surface area contributed by atoms with Crippen LogP contribution in [0.3, 0.4) is 0 Å². The Kier molecular flexibility index (Phi) is 4.16. The molecule has 0 heterocycles. The van der Waals surface area contributed by atoms with Crippen LogP contribution < -0.4 is 0 Å². The Morgan fingerprint density at radius 1 is 0.619 bits per heavy atom. The third-order valence-electron chi connectivity index (χ3n) is 3.96. The van der Waals surface area contributed by atoms with Crippen molar-refractivity contribution in [1.29, 1.82) is 0 Å². The zero-order valence-corrected chi connectivity index (χ0v) is 12.4. The lowest BCUT2D eigenvalue weighted by molar-refractivity contribution is 0.805. The summed E-state index contributed by atoms with van der Waals surface area (Å²) in [6.45, 7) is 2.14. The second kappa shape index (κ2) is 6.41. The number of aryl methyl sites for hydroxylation is 1. The molecule has 1 atom stereocenters. The number of hydrogen-bond acceptors (Lipinski definition) is 0. The van der Waals surface area contributed by atoms with Crippen LogP contribution in [-0.2, 0) is 6.42 Å². The Morgan fingerprint density at radius 3 is 1.76 bits per heavy atom. The van der Waals surface area contributed by atoms with E-state index in [0.29, 0.717) is 5.92 Å². The predicted molar refractivity (Wildman–Crippen MR) is 89.6 cm³/mol. The smallest absolute Gasteiger partial charge is 0.0130 e. The first-order valence-corrected chi connectivity index (χ1v) is 7.48. The van der Waals surface area contributed by atoms with Crippen molar-refractivity contribution in [2.45, 2.75) is 19.3 Å². The van der Waals surface area contributed by atoms with E-state index < -0.39 is 0 Å². The third-order valence-corrected chi connectivity index (χ3v) is 3.96. The lowest BCUT2D eigenvalue weighted by atomic mass is 9.86. The molecule has 0 aliphatic carbocycles. The van der Waals surface area contributed by atoms with Gasteiger partial charge in [0.15, 0.2) is 0 Å². The van der Waals surface area contributed by atoms with Crippen LogP contribution in [0.25, 0.3) is 0 Å². The van der Waals surface area contributed by atoms with Gasteiger partial charge in [0.1, 0.15) is 0 Å². The summed E-state index contributed by atoms with van der Waals surface area (Å²) in [5.41, 5.74) is 5.46. The molecule has 0 amide bonds. The number of hydrogen-bond donors (Lipinski definition) is 0. The predicted octanol–water partition coefficient (Wildman–Crippen LogP) is 5.37. The van der Waals surface area contributed by atoms with E-state index in [-0.39, 0.29) is 0 Å². The van der Waals surface area contributed by atoms with Gasteiger partial charge < -0.3 is 0 Å². The van der Waals surface area contributed by atoms with Crippen molar-refractivity contribution in [1.82, 2.24) is 0 Å². The van der Waals surface area contributed by atoms with Gasteiger partial charge in [-0.05, 0) is 30.0 Å². The molecule has 21 heavy (non-hydrogen) atoms. The highest BCUT2D eigenvalue weighted by molar-refractivity contribution is 5.36. The van der Waals surface area contributed by atoms with Crippen LogP contribution in [0.4, 0.5) is 0 Å². The van der Waals surface area contributed by atoms with Gasteiger partial charge in [-0.15, -0.1) is 0 Å². The highest BCUT2D eigenvalue weighted by atomic mass is 14.2. The minimum absolute atomic E-state index is 0.411. The van der Waals surface area contributed by atoms with Crippen LogP contribution in [0, 0.1) is 6.92 Å². The lowest BCUT2D eigenvalue weighted by Gasteiger charge is -2.18. The summed E-state index contributed by atoms with van der Waals surface area (Å²) in [6, 6.07) is 30.5. The van der Waals surface area contributed by atoms with Gasteiger partial charge in [0.25, 0.3) is 0 Å². The minimum Gasteiger partial charge on any atom is -0.0622 e. The van der Waals surface area contributed by atoms with Gasteiger partial charge >= 0.3 is 0 Å². The van der Waals surface area contributed by atoms with E-state index in [2.05, 4.69) is 91.9 Å². The molecule has 0 aromatic heterocycles. The summed E-state index contributed by atoms with van der Waals surface area (Å²) < 4.78 is 0. The summed E-state index contributed by atoms with van der Waals surface area (Å²) >= 11 is 0. The van der Waals surface area contributed by atoms with E-state index in [1.165, 1.54) is 22.3 Å². The van der Waals surface area contributed by atoms with Crippen molar-refractivity contribution in [2.24, 2.45) is 0 Å². The summed E-state index contributed by atoms with van der Waals surface area (Å²) in [5.74, 6) is 0.411. The van der Waals surface area contributed by atoms with Crippen molar-refractivity contribution < 1.29 is 0 Å². The Hall–Kier alpha value is -2.34. The maximum absolute atomic E-state index is 2.26. The molecule has 0 bridgehead atoms. The van der Waals surface area contributed by atoms with Gasteiger partial charge in [-0.1, -0.05) is 90.5 Å².